The maximum Gasteiger partial charge on any atom is 0.297 e. The minimum atomic E-state index is -2.50. The predicted molar refractivity (Wildman–Crippen MR) is 33.2 cm³/mol. The van der Waals surface area contributed by atoms with E-state index in [-0.39, 0.29) is 11.9 Å². The maximum absolute atomic E-state index is 12.1. The zero-order valence-electron chi connectivity index (χ0n) is 5.74. The van der Waals surface area contributed by atoms with Crippen LogP contribution < -0.4 is 0 Å². The van der Waals surface area contributed by atoms with E-state index in [9.17, 15) is 8.78 Å². The second-order valence-corrected chi connectivity index (χ2v) is 2.63. The highest BCUT2D eigenvalue weighted by molar-refractivity contribution is 4.95. The molecular formula is C6H7F2N3. The van der Waals surface area contributed by atoms with E-state index in [1.165, 1.54) is 10.9 Å². The SMILES string of the molecule is FC(F)c1nncn1C1CC1. The number of hydrogen-bond donors (Lipinski definition) is 0. The van der Waals surface area contributed by atoms with E-state index in [1.54, 1.807) is 0 Å². The first-order valence-corrected chi connectivity index (χ1v) is 3.46. The summed E-state index contributed by atoms with van der Waals surface area (Å²) in [5.41, 5.74) is 0. The largest absolute Gasteiger partial charge is 0.310 e. The van der Waals surface area contributed by atoms with Crippen molar-refractivity contribution in [3.63, 3.8) is 0 Å². The molecule has 60 valence electrons. The van der Waals surface area contributed by atoms with Gasteiger partial charge in [-0.05, 0) is 12.8 Å². The van der Waals surface area contributed by atoms with Crippen LogP contribution in [0.2, 0.25) is 0 Å². The molecule has 0 unspecified atom stereocenters. The lowest BCUT2D eigenvalue weighted by molar-refractivity contribution is 0.134. The topological polar surface area (TPSA) is 30.7 Å². The molecule has 0 aliphatic heterocycles. The third-order valence-corrected chi connectivity index (χ3v) is 1.74. The van der Waals surface area contributed by atoms with Gasteiger partial charge < -0.3 is 4.57 Å². The quantitative estimate of drug-likeness (QED) is 0.655. The first-order valence-electron chi connectivity index (χ1n) is 3.46. The predicted octanol–water partition coefficient (Wildman–Crippen LogP) is 1.55. The summed E-state index contributed by atoms with van der Waals surface area (Å²) >= 11 is 0. The van der Waals surface area contributed by atoms with Gasteiger partial charge in [-0.2, -0.15) is 0 Å². The Morgan fingerprint density at radius 1 is 1.55 bits per heavy atom. The zero-order chi connectivity index (χ0) is 7.84. The second-order valence-electron chi connectivity index (χ2n) is 2.63. The molecular weight excluding hydrogens is 152 g/mol. The molecule has 1 aromatic rings. The van der Waals surface area contributed by atoms with Crippen LogP contribution in [-0.2, 0) is 0 Å². The van der Waals surface area contributed by atoms with E-state index >= 15 is 0 Å². The van der Waals surface area contributed by atoms with Crippen molar-refractivity contribution >= 4 is 0 Å². The molecule has 0 saturated heterocycles. The normalized spacial score (nSPS) is 17.7. The summed E-state index contributed by atoms with van der Waals surface area (Å²) in [6.07, 6.45) is 0.812. The lowest BCUT2D eigenvalue weighted by Crippen LogP contribution is -2.00. The fraction of sp³-hybridized carbons (Fsp3) is 0.667. The van der Waals surface area contributed by atoms with Gasteiger partial charge in [-0.1, -0.05) is 0 Å². The Labute approximate surface area is 62.0 Å². The number of nitrogens with zero attached hydrogens (tertiary/aromatic N) is 3. The molecule has 1 heterocycles. The summed E-state index contributed by atoms with van der Waals surface area (Å²) in [5, 5.41) is 6.78. The van der Waals surface area contributed by atoms with Gasteiger partial charge in [0.1, 0.15) is 6.33 Å². The number of rotatable bonds is 2. The van der Waals surface area contributed by atoms with Crippen molar-refractivity contribution in [2.24, 2.45) is 0 Å². The Bertz CT molecular complexity index is 238. The number of aromatic nitrogens is 3. The van der Waals surface area contributed by atoms with Crippen LogP contribution in [-0.4, -0.2) is 14.8 Å². The summed E-state index contributed by atoms with van der Waals surface area (Å²) in [6, 6.07) is 0.231. The van der Waals surface area contributed by atoms with Crippen LogP contribution in [0.3, 0.4) is 0 Å². The summed E-state index contributed by atoms with van der Waals surface area (Å²) in [7, 11) is 0. The molecule has 5 heteroatoms. The molecule has 1 aromatic heterocycles. The molecule has 1 saturated carbocycles. The van der Waals surface area contributed by atoms with Gasteiger partial charge in [-0.15, -0.1) is 10.2 Å². The van der Waals surface area contributed by atoms with Crippen molar-refractivity contribution in [2.45, 2.75) is 25.3 Å². The van der Waals surface area contributed by atoms with E-state index in [2.05, 4.69) is 10.2 Å². The van der Waals surface area contributed by atoms with Gasteiger partial charge >= 0.3 is 0 Å². The summed E-state index contributed by atoms with van der Waals surface area (Å²) in [6.45, 7) is 0. The molecule has 1 aliphatic rings. The summed E-state index contributed by atoms with van der Waals surface area (Å²) in [4.78, 5) is 0. The highest BCUT2D eigenvalue weighted by Crippen LogP contribution is 2.36. The highest BCUT2D eigenvalue weighted by Gasteiger charge is 2.28. The van der Waals surface area contributed by atoms with E-state index < -0.39 is 6.43 Å². The van der Waals surface area contributed by atoms with Crippen LogP contribution in [0.5, 0.6) is 0 Å². The standard InChI is InChI=1S/C6H7F2N3/c7-5(8)6-10-9-3-11(6)4-1-2-4/h3-5H,1-2H2. The number of halogens is 2. The molecule has 0 radical (unpaired) electrons. The molecule has 1 aliphatic carbocycles. The number of hydrogen-bond acceptors (Lipinski definition) is 2. The van der Waals surface area contributed by atoms with Crippen LogP contribution in [0.4, 0.5) is 8.78 Å². The molecule has 0 spiro atoms. The fourth-order valence-corrected chi connectivity index (χ4v) is 1.04. The monoisotopic (exact) mass is 159 g/mol. The number of alkyl halides is 2. The minimum Gasteiger partial charge on any atom is -0.310 e. The van der Waals surface area contributed by atoms with Crippen molar-refractivity contribution in [1.82, 2.24) is 14.8 Å². The van der Waals surface area contributed by atoms with Crippen LogP contribution in [0.15, 0.2) is 6.33 Å². The Balaban J connectivity index is 2.30. The molecule has 0 amide bonds. The van der Waals surface area contributed by atoms with Crippen molar-refractivity contribution in [3.05, 3.63) is 12.2 Å². The van der Waals surface area contributed by atoms with Crippen molar-refractivity contribution < 1.29 is 8.78 Å². The highest BCUT2D eigenvalue weighted by atomic mass is 19.3. The third-order valence-electron chi connectivity index (χ3n) is 1.74. The first kappa shape index (κ1) is 6.69. The molecule has 3 nitrogen and oxygen atoms in total. The van der Waals surface area contributed by atoms with E-state index in [4.69, 9.17) is 0 Å². The molecule has 2 rings (SSSR count). The van der Waals surface area contributed by atoms with E-state index in [1.807, 2.05) is 0 Å². The molecule has 0 atom stereocenters. The smallest absolute Gasteiger partial charge is 0.297 e. The molecule has 0 bridgehead atoms. The minimum absolute atomic E-state index is 0.201. The maximum atomic E-state index is 12.1. The molecule has 0 N–H and O–H groups in total. The van der Waals surface area contributed by atoms with Gasteiger partial charge in [0.05, 0.1) is 0 Å². The van der Waals surface area contributed by atoms with Gasteiger partial charge in [0.25, 0.3) is 6.43 Å². The second kappa shape index (κ2) is 2.25. The van der Waals surface area contributed by atoms with Gasteiger partial charge in [0, 0.05) is 6.04 Å². The summed E-state index contributed by atoms with van der Waals surface area (Å²) in [5.74, 6) is -0.201. The van der Waals surface area contributed by atoms with E-state index in [0.717, 1.165) is 12.8 Å². The van der Waals surface area contributed by atoms with Gasteiger partial charge in [-0.25, -0.2) is 8.78 Å². The third kappa shape index (κ3) is 1.10. The Morgan fingerprint density at radius 2 is 2.27 bits per heavy atom. The summed E-state index contributed by atoms with van der Waals surface area (Å²) < 4.78 is 25.7. The van der Waals surface area contributed by atoms with Crippen LogP contribution in [0.25, 0.3) is 0 Å². The first-order chi connectivity index (χ1) is 5.29. The zero-order valence-corrected chi connectivity index (χ0v) is 5.74. The van der Waals surface area contributed by atoms with Crippen molar-refractivity contribution in [1.29, 1.82) is 0 Å². The Hall–Kier alpha value is -1.00. The van der Waals surface area contributed by atoms with Crippen molar-refractivity contribution in [2.75, 3.05) is 0 Å². The average Bonchev–Trinajstić information content (AvgIpc) is 2.68. The molecule has 11 heavy (non-hydrogen) atoms. The van der Waals surface area contributed by atoms with Gasteiger partial charge in [0.15, 0.2) is 5.82 Å². The lowest BCUT2D eigenvalue weighted by Gasteiger charge is -2.01. The van der Waals surface area contributed by atoms with Crippen LogP contribution in [0.1, 0.15) is 31.1 Å². The molecule has 0 aromatic carbocycles. The molecule has 1 fully saturated rings. The Morgan fingerprint density at radius 3 is 2.82 bits per heavy atom. The fourth-order valence-electron chi connectivity index (χ4n) is 1.04. The van der Waals surface area contributed by atoms with Gasteiger partial charge in [0.2, 0.25) is 0 Å². The van der Waals surface area contributed by atoms with Crippen LogP contribution in [0, 0.1) is 0 Å². The van der Waals surface area contributed by atoms with E-state index in [0.29, 0.717) is 0 Å². The van der Waals surface area contributed by atoms with Gasteiger partial charge in [-0.3, -0.25) is 0 Å². The average molecular weight is 159 g/mol. The van der Waals surface area contributed by atoms with Crippen molar-refractivity contribution in [3.8, 4) is 0 Å². The Kier molecular flexibility index (Phi) is 1.37. The van der Waals surface area contributed by atoms with Crippen LogP contribution >= 0.6 is 0 Å². The lowest BCUT2D eigenvalue weighted by atomic mass is 10.5.